The van der Waals surface area contributed by atoms with Gasteiger partial charge < -0.3 is 29.7 Å². The average molecular weight is 552 g/mol. The van der Waals surface area contributed by atoms with Gasteiger partial charge in [-0.25, -0.2) is 4.79 Å². The molecule has 3 aliphatic rings. The quantitative estimate of drug-likeness (QED) is 0.228. The summed E-state index contributed by atoms with van der Waals surface area (Å²) in [6.07, 6.45) is 7.10. The number of ether oxygens (including phenoxy) is 3. The fourth-order valence-electron chi connectivity index (χ4n) is 4.67. The molecule has 31 heavy (non-hydrogen) atoms. The highest BCUT2D eigenvalue weighted by Gasteiger charge is 2.45. The largest absolute Gasteiger partial charge is 0.444 e. The number of nitrogens with one attached hydrogen (secondary N) is 2. The predicted octanol–water partition coefficient (Wildman–Crippen LogP) is 3.29. The van der Waals surface area contributed by atoms with E-state index < -0.39 is 5.60 Å². The minimum atomic E-state index is -0.452. The highest BCUT2D eigenvalue weighted by Crippen LogP contribution is 2.36. The first-order valence-corrected chi connectivity index (χ1v) is 11.5. The van der Waals surface area contributed by atoms with Crippen LogP contribution in [0.5, 0.6) is 0 Å². The van der Waals surface area contributed by atoms with Gasteiger partial charge in [-0.05, 0) is 65.7 Å². The van der Waals surface area contributed by atoms with Gasteiger partial charge in [0.25, 0.3) is 0 Å². The minimum absolute atomic E-state index is 0. The number of hydrogen-bond donors (Lipinski definition) is 2. The zero-order valence-corrected chi connectivity index (χ0v) is 21.9. The summed E-state index contributed by atoms with van der Waals surface area (Å²) in [6.45, 7) is 8.98. The van der Waals surface area contributed by atoms with Crippen molar-refractivity contribution < 1.29 is 19.0 Å². The number of aliphatic imine (C=N–C) groups is 1. The molecule has 180 valence electrons. The molecule has 2 bridgehead atoms. The van der Waals surface area contributed by atoms with E-state index in [0.717, 1.165) is 77.3 Å². The molecule has 0 aliphatic carbocycles. The van der Waals surface area contributed by atoms with Crippen LogP contribution in [0.4, 0.5) is 4.79 Å². The lowest BCUT2D eigenvalue weighted by Crippen LogP contribution is -2.55. The van der Waals surface area contributed by atoms with E-state index in [1.165, 1.54) is 0 Å². The number of fused-ring (bicyclic) bond motifs is 2. The maximum atomic E-state index is 12.6. The summed E-state index contributed by atoms with van der Waals surface area (Å²) >= 11 is 0. The number of halogens is 1. The zero-order valence-electron chi connectivity index (χ0n) is 19.5. The third kappa shape index (κ3) is 8.24. The van der Waals surface area contributed by atoms with E-state index in [2.05, 4.69) is 15.6 Å². The molecule has 9 heteroatoms. The summed E-state index contributed by atoms with van der Waals surface area (Å²) in [5.41, 5.74) is -0.452. The molecule has 8 nitrogen and oxygen atoms in total. The van der Waals surface area contributed by atoms with Crippen LogP contribution in [0, 0.1) is 0 Å². The third-order valence-electron chi connectivity index (χ3n) is 6.04. The maximum Gasteiger partial charge on any atom is 0.410 e. The second-order valence-corrected chi connectivity index (χ2v) is 9.62. The Bertz CT molecular complexity index is 579. The molecular weight excluding hydrogens is 511 g/mol. The molecular formula is C22H41IN4O4. The Morgan fingerprint density at radius 2 is 1.77 bits per heavy atom. The molecule has 3 heterocycles. The molecule has 0 spiro atoms. The summed E-state index contributed by atoms with van der Waals surface area (Å²) in [6, 6.07) is 0.829. The Balaban J connectivity index is 0.00000341. The van der Waals surface area contributed by atoms with E-state index in [4.69, 9.17) is 14.2 Å². The number of nitrogens with zero attached hydrogens (tertiary/aromatic N) is 2. The van der Waals surface area contributed by atoms with E-state index in [0.29, 0.717) is 12.1 Å². The number of carbonyl (C=O) groups excluding carboxylic acids is 1. The first-order chi connectivity index (χ1) is 14.4. The van der Waals surface area contributed by atoms with Crippen molar-refractivity contribution in [3.63, 3.8) is 0 Å². The molecule has 3 saturated heterocycles. The molecule has 3 fully saturated rings. The molecule has 2 atom stereocenters. The highest BCUT2D eigenvalue weighted by molar-refractivity contribution is 14.0. The summed E-state index contributed by atoms with van der Waals surface area (Å²) in [4.78, 5) is 19.0. The van der Waals surface area contributed by atoms with Crippen LogP contribution >= 0.6 is 24.0 Å². The van der Waals surface area contributed by atoms with Crippen LogP contribution in [0.15, 0.2) is 4.99 Å². The van der Waals surface area contributed by atoms with Gasteiger partial charge in [-0.2, -0.15) is 0 Å². The zero-order chi connectivity index (χ0) is 21.6. The second kappa shape index (κ2) is 12.4. The Hall–Kier alpha value is -0.810. The molecule has 3 aliphatic heterocycles. The van der Waals surface area contributed by atoms with Gasteiger partial charge in [0.2, 0.25) is 0 Å². The van der Waals surface area contributed by atoms with E-state index in [-0.39, 0.29) is 42.2 Å². The van der Waals surface area contributed by atoms with Crippen molar-refractivity contribution in [2.45, 2.75) is 95.5 Å². The van der Waals surface area contributed by atoms with Crippen LogP contribution in [0.1, 0.15) is 65.7 Å². The van der Waals surface area contributed by atoms with Gasteiger partial charge in [0, 0.05) is 51.5 Å². The topological polar surface area (TPSA) is 84.4 Å². The van der Waals surface area contributed by atoms with Crippen molar-refractivity contribution >= 4 is 36.0 Å². The number of hydrogen-bond acceptors (Lipinski definition) is 5. The lowest BCUT2D eigenvalue weighted by molar-refractivity contribution is -0.0320. The first kappa shape index (κ1) is 26.4. The van der Waals surface area contributed by atoms with Crippen LogP contribution in [0.25, 0.3) is 0 Å². The second-order valence-electron chi connectivity index (χ2n) is 9.62. The fourth-order valence-corrected chi connectivity index (χ4v) is 4.67. The van der Waals surface area contributed by atoms with Crippen molar-refractivity contribution in [2.75, 3.05) is 33.4 Å². The van der Waals surface area contributed by atoms with Crippen molar-refractivity contribution in [1.82, 2.24) is 15.5 Å². The summed E-state index contributed by atoms with van der Waals surface area (Å²) in [7, 11) is 1.80. The Kier molecular flexibility index (Phi) is 10.6. The number of carbonyl (C=O) groups is 1. The van der Waals surface area contributed by atoms with Crippen molar-refractivity contribution in [1.29, 1.82) is 0 Å². The number of amides is 1. The molecule has 1 amide bonds. The maximum absolute atomic E-state index is 12.6. The van der Waals surface area contributed by atoms with E-state index in [1.807, 2.05) is 25.7 Å². The van der Waals surface area contributed by atoms with Crippen LogP contribution < -0.4 is 10.6 Å². The number of guanidine groups is 1. The van der Waals surface area contributed by atoms with Gasteiger partial charge in [-0.3, -0.25) is 4.99 Å². The Morgan fingerprint density at radius 3 is 2.35 bits per heavy atom. The molecule has 2 unspecified atom stereocenters. The molecule has 3 rings (SSSR count). The van der Waals surface area contributed by atoms with E-state index in [9.17, 15) is 4.79 Å². The lowest BCUT2D eigenvalue weighted by atomic mass is 9.98. The molecule has 0 saturated carbocycles. The van der Waals surface area contributed by atoms with Crippen LogP contribution in [0.2, 0.25) is 0 Å². The lowest BCUT2D eigenvalue weighted by Gasteiger charge is -2.40. The van der Waals surface area contributed by atoms with E-state index >= 15 is 0 Å². The standard InChI is InChI=1S/C22H40N4O4.HI/c1-22(2,3)30-21(27)26-17-6-7-18(26)15-16(14-17)25-20(23-4)24-10-5-11-29-19-8-12-28-13-9-19;/h16-19H,5-15H2,1-4H3,(H2,23,24,25);1H. The van der Waals surface area contributed by atoms with Gasteiger partial charge >= 0.3 is 6.09 Å². The number of piperidine rings is 1. The molecule has 0 aromatic rings. The smallest absolute Gasteiger partial charge is 0.410 e. The van der Waals surface area contributed by atoms with Crippen molar-refractivity contribution in [2.24, 2.45) is 4.99 Å². The average Bonchev–Trinajstić information content (AvgIpc) is 2.97. The normalized spacial score (nSPS) is 26.9. The predicted molar refractivity (Wildman–Crippen MR) is 132 cm³/mol. The van der Waals surface area contributed by atoms with Crippen LogP contribution in [-0.4, -0.2) is 80.2 Å². The van der Waals surface area contributed by atoms with Gasteiger partial charge in [0.05, 0.1) is 6.10 Å². The van der Waals surface area contributed by atoms with Gasteiger partial charge in [0.15, 0.2) is 5.96 Å². The van der Waals surface area contributed by atoms with Crippen molar-refractivity contribution in [3.05, 3.63) is 0 Å². The molecule has 0 aromatic heterocycles. The Labute approximate surface area is 204 Å². The number of rotatable bonds is 6. The fraction of sp³-hybridized carbons (Fsp3) is 0.909. The van der Waals surface area contributed by atoms with Gasteiger partial charge in [-0.1, -0.05) is 0 Å². The molecule has 0 radical (unpaired) electrons. The van der Waals surface area contributed by atoms with Gasteiger partial charge in [0.1, 0.15) is 5.60 Å². The minimum Gasteiger partial charge on any atom is -0.444 e. The summed E-state index contributed by atoms with van der Waals surface area (Å²) in [5, 5.41) is 6.96. The first-order valence-electron chi connectivity index (χ1n) is 11.5. The Morgan fingerprint density at radius 1 is 1.13 bits per heavy atom. The molecule has 0 aromatic carbocycles. The summed E-state index contributed by atoms with van der Waals surface area (Å²) < 4.78 is 16.9. The summed E-state index contributed by atoms with van der Waals surface area (Å²) in [5.74, 6) is 0.830. The van der Waals surface area contributed by atoms with Crippen molar-refractivity contribution in [3.8, 4) is 0 Å². The highest BCUT2D eigenvalue weighted by atomic mass is 127. The van der Waals surface area contributed by atoms with Gasteiger partial charge in [-0.15, -0.1) is 24.0 Å². The molecule has 2 N–H and O–H groups in total. The van der Waals surface area contributed by atoms with Crippen LogP contribution in [-0.2, 0) is 14.2 Å². The van der Waals surface area contributed by atoms with Crippen LogP contribution in [0.3, 0.4) is 0 Å². The monoisotopic (exact) mass is 552 g/mol. The third-order valence-corrected chi connectivity index (χ3v) is 6.04. The SMILES string of the molecule is CN=C(NCCCOC1CCOCC1)NC1CC2CCC(C1)N2C(=O)OC(C)(C)C.I. The van der Waals surface area contributed by atoms with E-state index in [1.54, 1.807) is 7.05 Å².